The Balaban J connectivity index is 1.62. The van der Waals surface area contributed by atoms with Gasteiger partial charge in [-0.3, -0.25) is 14.9 Å². The number of benzene rings is 2. The number of nitro benzene ring substituents is 1. The number of hydrazone groups is 1. The lowest BCUT2D eigenvalue weighted by atomic mass is 10.1. The molecule has 0 spiro atoms. The minimum Gasteiger partial charge on any atom is -0.312 e. The molecular formula is C19H17ClN6O3S. The van der Waals surface area contributed by atoms with Crippen molar-refractivity contribution in [1.29, 1.82) is 0 Å². The third kappa shape index (κ3) is 5.22. The highest BCUT2D eigenvalue weighted by molar-refractivity contribution is 7.98. The molecule has 1 heterocycles. The molecule has 30 heavy (non-hydrogen) atoms. The van der Waals surface area contributed by atoms with E-state index in [1.165, 1.54) is 12.1 Å². The summed E-state index contributed by atoms with van der Waals surface area (Å²) in [6.07, 6.45) is 1.64. The van der Waals surface area contributed by atoms with Gasteiger partial charge in [-0.1, -0.05) is 41.6 Å². The number of carbonyl (C=O) groups excluding carboxylic acids is 1. The molecule has 0 unspecified atom stereocenters. The number of amides is 1. The van der Waals surface area contributed by atoms with Crippen LogP contribution in [0.3, 0.4) is 0 Å². The van der Waals surface area contributed by atoms with Crippen molar-refractivity contribution in [3.8, 4) is 0 Å². The SMILES string of the molecule is C/C(=N/NC(=O)c1ccc(CSc2nncn2C)cc1)c1ccc(Cl)c([N+](=O)[O-])c1. The van der Waals surface area contributed by atoms with Gasteiger partial charge in [0.15, 0.2) is 5.16 Å². The highest BCUT2D eigenvalue weighted by atomic mass is 35.5. The number of aryl methyl sites for hydroxylation is 1. The van der Waals surface area contributed by atoms with Gasteiger partial charge in [0, 0.05) is 30.0 Å². The predicted molar refractivity (Wildman–Crippen MR) is 115 cm³/mol. The second kappa shape index (κ2) is 9.51. The molecule has 3 aromatic rings. The van der Waals surface area contributed by atoms with Crippen molar-refractivity contribution in [3.05, 3.63) is 80.6 Å². The zero-order valence-corrected chi connectivity index (χ0v) is 17.6. The number of hydrogen-bond donors (Lipinski definition) is 1. The summed E-state index contributed by atoms with van der Waals surface area (Å²) < 4.78 is 1.84. The van der Waals surface area contributed by atoms with Crippen molar-refractivity contribution in [2.45, 2.75) is 17.8 Å². The maximum Gasteiger partial charge on any atom is 0.288 e. The first kappa shape index (κ1) is 21.5. The zero-order valence-electron chi connectivity index (χ0n) is 16.1. The number of carbonyl (C=O) groups is 1. The summed E-state index contributed by atoms with van der Waals surface area (Å²) in [5.74, 6) is 0.312. The molecule has 11 heteroatoms. The molecule has 0 aliphatic rings. The fourth-order valence-electron chi connectivity index (χ4n) is 2.44. The van der Waals surface area contributed by atoms with Crippen molar-refractivity contribution < 1.29 is 9.72 Å². The molecule has 2 aromatic carbocycles. The van der Waals surface area contributed by atoms with Gasteiger partial charge < -0.3 is 4.57 Å². The van der Waals surface area contributed by atoms with Gasteiger partial charge in [0.2, 0.25) is 0 Å². The Labute approximate surface area is 181 Å². The van der Waals surface area contributed by atoms with Gasteiger partial charge in [0.25, 0.3) is 11.6 Å². The number of rotatable bonds is 7. The van der Waals surface area contributed by atoms with Gasteiger partial charge in [-0.2, -0.15) is 5.10 Å². The van der Waals surface area contributed by atoms with E-state index in [-0.39, 0.29) is 16.6 Å². The van der Waals surface area contributed by atoms with E-state index in [4.69, 9.17) is 11.6 Å². The molecule has 0 saturated carbocycles. The van der Waals surface area contributed by atoms with Crippen LogP contribution in [0.2, 0.25) is 5.02 Å². The average Bonchev–Trinajstić information content (AvgIpc) is 3.15. The first-order valence-corrected chi connectivity index (χ1v) is 10.1. The van der Waals surface area contributed by atoms with E-state index in [1.54, 1.807) is 43.2 Å². The van der Waals surface area contributed by atoms with Gasteiger partial charge in [-0.05, 0) is 30.7 Å². The lowest BCUT2D eigenvalue weighted by Crippen LogP contribution is -2.19. The number of nitrogens with one attached hydrogen (secondary N) is 1. The van der Waals surface area contributed by atoms with E-state index >= 15 is 0 Å². The summed E-state index contributed by atoms with van der Waals surface area (Å²) in [7, 11) is 1.88. The summed E-state index contributed by atoms with van der Waals surface area (Å²) in [4.78, 5) is 22.8. The molecule has 1 aromatic heterocycles. The fourth-order valence-corrected chi connectivity index (χ4v) is 3.48. The van der Waals surface area contributed by atoms with Crippen molar-refractivity contribution in [3.63, 3.8) is 0 Å². The highest BCUT2D eigenvalue weighted by Gasteiger charge is 2.14. The van der Waals surface area contributed by atoms with E-state index in [2.05, 4.69) is 20.7 Å². The third-order valence-electron chi connectivity index (χ3n) is 4.14. The molecule has 1 N–H and O–H groups in total. The molecule has 0 aliphatic carbocycles. The Morgan fingerprint density at radius 3 is 2.60 bits per heavy atom. The van der Waals surface area contributed by atoms with E-state index in [0.717, 1.165) is 10.7 Å². The summed E-state index contributed by atoms with van der Waals surface area (Å²) in [6, 6.07) is 11.5. The van der Waals surface area contributed by atoms with Gasteiger partial charge in [0.1, 0.15) is 11.3 Å². The Bertz CT molecular complexity index is 1110. The third-order valence-corrected chi connectivity index (χ3v) is 5.56. The second-order valence-corrected chi connectivity index (χ2v) is 7.62. The Morgan fingerprint density at radius 1 is 1.27 bits per heavy atom. The number of aromatic nitrogens is 3. The molecule has 0 aliphatic heterocycles. The van der Waals surface area contributed by atoms with Crippen LogP contribution in [0.5, 0.6) is 0 Å². The van der Waals surface area contributed by atoms with Crippen LogP contribution in [-0.4, -0.2) is 31.3 Å². The molecule has 3 rings (SSSR count). The van der Waals surface area contributed by atoms with Crippen molar-refractivity contribution in [2.24, 2.45) is 12.1 Å². The average molecular weight is 445 g/mol. The molecule has 1 amide bonds. The van der Waals surface area contributed by atoms with E-state index in [0.29, 0.717) is 22.6 Å². The minimum absolute atomic E-state index is 0.0398. The molecule has 0 saturated heterocycles. The van der Waals surface area contributed by atoms with E-state index in [1.807, 2.05) is 23.7 Å². The van der Waals surface area contributed by atoms with Gasteiger partial charge >= 0.3 is 0 Å². The Hall–Kier alpha value is -3.24. The van der Waals surface area contributed by atoms with Crippen LogP contribution in [0.15, 0.2) is 59.0 Å². The maximum absolute atomic E-state index is 12.3. The lowest BCUT2D eigenvalue weighted by Gasteiger charge is -2.05. The predicted octanol–water partition coefficient (Wildman–Crippen LogP) is 3.82. The van der Waals surface area contributed by atoms with Gasteiger partial charge in [0.05, 0.1) is 10.6 Å². The van der Waals surface area contributed by atoms with Crippen molar-refractivity contribution >= 4 is 40.7 Å². The normalized spacial score (nSPS) is 11.4. The van der Waals surface area contributed by atoms with Crippen LogP contribution in [0.4, 0.5) is 5.69 Å². The number of nitrogens with zero attached hydrogens (tertiary/aromatic N) is 5. The van der Waals surface area contributed by atoms with Gasteiger partial charge in [-0.15, -0.1) is 10.2 Å². The van der Waals surface area contributed by atoms with Crippen molar-refractivity contribution in [2.75, 3.05) is 0 Å². The summed E-state index contributed by atoms with van der Waals surface area (Å²) in [5.41, 5.74) is 4.63. The topological polar surface area (TPSA) is 115 Å². The summed E-state index contributed by atoms with van der Waals surface area (Å²) in [6.45, 7) is 1.64. The van der Waals surface area contributed by atoms with Crippen molar-refractivity contribution in [1.82, 2.24) is 20.2 Å². The molecule has 154 valence electrons. The molecule has 0 fully saturated rings. The highest BCUT2D eigenvalue weighted by Crippen LogP contribution is 2.25. The largest absolute Gasteiger partial charge is 0.312 e. The van der Waals surface area contributed by atoms with Crippen LogP contribution < -0.4 is 5.43 Å². The van der Waals surface area contributed by atoms with E-state index < -0.39 is 4.92 Å². The van der Waals surface area contributed by atoms with Crippen LogP contribution in [0.25, 0.3) is 0 Å². The smallest absolute Gasteiger partial charge is 0.288 e. The number of nitro groups is 1. The standard InChI is InChI=1S/C19H17ClN6O3S/c1-12(15-7-8-16(20)17(9-15)26(28)29)22-23-18(27)14-5-3-13(4-6-14)10-30-19-24-21-11-25(19)2/h3-9,11H,10H2,1-2H3,(H,23,27)/b22-12-. The van der Waals surface area contributed by atoms with Crippen LogP contribution in [0.1, 0.15) is 28.4 Å². The molecular weight excluding hydrogens is 428 g/mol. The minimum atomic E-state index is -0.568. The van der Waals surface area contributed by atoms with E-state index in [9.17, 15) is 14.9 Å². The fraction of sp³-hybridized carbons (Fsp3) is 0.158. The number of thioether (sulfide) groups is 1. The lowest BCUT2D eigenvalue weighted by molar-refractivity contribution is -0.384. The quantitative estimate of drug-likeness (QED) is 0.256. The first-order valence-electron chi connectivity index (χ1n) is 8.70. The first-order chi connectivity index (χ1) is 14.3. The van der Waals surface area contributed by atoms with Crippen LogP contribution in [0, 0.1) is 10.1 Å². The number of halogens is 1. The van der Waals surface area contributed by atoms with Crippen LogP contribution in [-0.2, 0) is 12.8 Å². The monoisotopic (exact) mass is 444 g/mol. The Kier molecular flexibility index (Phi) is 6.80. The Morgan fingerprint density at radius 2 is 1.97 bits per heavy atom. The molecule has 0 bridgehead atoms. The summed E-state index contributed by atoms with van der Waals surface area (Å²) >= 11 is 7.36. The number of hydrogen-bond acceptors (Lipinski definition) is 7. The maximum atomic E-state index is 12.3. The zero-order chi connectivity index (χ0) is 21.7. The van der Waals surface area contributed by atoms with Crippen LogP contribution >= 0.6 is 23.4 Å². The van der Waals surface area contributed by atoms with Gasteiger partial charge in [-0.25, -0.2) is 5.43 Å². The second-order valence-electron chi connectivity index (χ2n) is 6.27. The summed E-state index contributed by atoms with van der Waals surface area (Å²) in [5, 5.41) is 23.7. The molecule has 9 nitrogen and oxygen atoms in total. The molecule has 0 radical (unpaired) electrons. The molecule has 0 atom stereocenters.